The van der Waals surface area contributed by atoms with Gasteiger partial charge in [-0.2, -0.15) is 5.10 Å². The van der Waals surface area contributed by atoms with E-state index in [1.807, 2.05) is 17.8 Å². The standard InChI is InChI=1S/C12H19N3O/c1-2-15-9-10(8-14-15)7-11(16)12(13)5-3-4-6-12/h8-9H,2-7,13H2,1H3. The van der Waals surface area contributed by atoms with E-state index in [0.717, 1.165) is 37.8 Å². The molecule has 0 aliphatic heterocycles. The molecule has 4 nitrogen and oxygen atoms in total. The Morgan fingerprint density at radius 2 is 2.25 bits per heavy atom. The van der Waals surface area contributed by atoms with Gasteiger partial charge in [0, 0.05) is 19.2 Å². The van der Waals surface area contributed by atoms with Gasteiger partial charge in [0.2, 0.25) is 0 Å². The third kappa shape index (κ3) is 2.16. The number of carbonyl (C=O) groups excluding carboxylic acids is 1. The number of nitrogens with two attached hydrogens (primary N) is 1. The second-order valence-corrected chi connectivity index (χ2v) is 4.67. The molecule has 1 aliphatic rings. The Kier molecular flexibility index (Phi) is 3.10. The molecule has 2 N–H and O–H groups in total. The van der Waals surface area contributed by atoms with E-state index in [2.05, 4.69) is 5.10 Å². The predicted octanol–water partition coefficient (Wildman–Crippen LogP) is 1.29. The van der Waals surface area contributed by atoms with Crippen molar-refractivity contribution in [1.29, 1.82) is 0 Å². The normalized spacial score (nSPS) is 18.9. The summed E-state index contributed by atoms with van der Waals surface area (Å²) in [5, 5.41) is 4.16. The van der Waals surface area contributed by atoms with E-state index in [0.29, 0.717) is 6.42 Å². The Labute approximate surface area is 95.8 Å². The van der Waals surface area contributed by atoms with Crippen LogP contribution in [-0.2, 0) is 17.8 Å². The Balaban J connectivity index is 2.01. The first-order valence-corrected chi connectivity index (χ1v) is 5.97. The summed E-state index contributed by atoms with van der Waals surface area (Å²) in [6, 6.07) is 0. The van der Waals surface area contributed by atoms with Crippen molar-refractivity contribution in [2.45, 2.75) is 51.1 Å². The van der Waals surface area contributed by atoms with E-state index < -0.39 is 5.54 Å². The molecule has 0 amide bonds. The average Bonchev–Trinajstić information content (AvgIpc) is 2.88. The summed E-state index contributed by atoms with van der Waals surface area (Å²) in [6.45, 7) is 2.86. The molecule has 0 bridgehead atoms. The maximum atomic E-state index is 12.1. The molecule has 0 saturated heterocycles. The van der Waals surface area contributed by atoms with Gasteiger partial charge in [-0.15, -0.1) is 0 Å². The third-order valence-corrected chi connectivity index (χ3v) is 3.43. The van der Waals surface area contributed by atoms with Crippen LogP contribution in [0.15, 0.2) is 12.4 Å². The van der Waals surface area contributed by atoms with Crippen LogP contribution in [0, 0.1) is 0 Å². The minimum atomic E-state index is -0.561. The number of ketones is 1. The Morgan fingerprint density at radius 1 is 1.56 bits per heavy atom. The molecule has 0 spiro atoms. The SMILES string of the molecule is CCn1cc(CC(=O)C2(N)CCCC2)cn1. The number of nitrogens with zero attached hydrogens (tertiary/aromatic N) is 2. The Hall–Kier alpha value is -1.16. The molecule has 16 heavy (non-hydrogen) atoms. The van der Waals surface area contributed by atoms with E-state index in [1.165, 1.54) is 0 Å². The van der Waals surface area contributed by atoms with Crippen LogP contribution in [0.4, 0.5) is 0 Å². The van der Waals surface area contributed by atoms with Gasteiger partial charge in [0.15, 0.2) is 5.78 Å². The Morgan fingerprint density at radius 3 is 2.81 bits per heavy atom. The zero-order valence-electron chi connectivity index (χ0n) is 9.78. The van der Waals surface area contributed by atoms with Gasteiger partial charge in [0.05, 0.1) is 11.7 Å². The third-order valence-electron chi connectivity index (χ3n) is 3.43. The van der Waals surface area contributed by atoms with Gasteiger partial charge in [-0.25, -0.2) is 0 Å². The molecule has 1 aromatic heterocycles. The van der Waals surface area contributed by atoms with Crippen molar-refractivity contribution in [1.82, 2.24) is 9.78 Å². The first-order valence-electron chi connectivity index (χ1n) is 5.97. The highest BCUT2D eigenvalue weighted by molar-refractivity contribution is 5.90. The average molecular weight is 221 g/mol. The molecule has 2 rings (SSSR count). The lowest BCUT2D eigenvalue weighted by atomic mass is 9.90. The first kappa shape index (κ1) is 11.3. The van der Waals surface area contributed by atoms with Crippen LogP contribution >= 0.6 is 0 Å². The van der Waals surface area contributed by atoms with Crippen LogP contribution in [0.1, 0.15) is 38.2 Å². The molecule has 1 saturated carbocycles. The summed E-state index contributed by atoms with van der Waals surface area (Å²) in [5.74, 6) is 0.167. The molecular weight excluding hydrogens is 202 g/mol. The predicted molar refractivity (Wildman–Crippen MR) is 62.0 cm³/mol. The van der Waals surface area contributed by atoms with Crippen molar-refractivity contribution in [3.05, 3.63) is 18.0 Å². The van der Waals surface area contributed by atoms with E-state index in [4.69, 9.17) is 5.73 Å². The minimum absolute atomic E-state index is 0.167. The fourth-order valence-corrected chi connectivity index (χ4v) is 2.32. The molecule has 0 radical (unpaired) electrons. The highest BCUT2D eigenvalue weighted by Gasteiger charge is 2.36. The second kappa shape index (κ2) is 4.37. The lowest BCUT2D eigenvalue weighted by Gasteiger charge is -2.21. The van der Waals surface area contributed by atoms with Crippen LogP contribution in [0.2, 0.25) is 0 Å². The molecular formula is C12H19N3O. The molecule has 1 aliphatic carbocycles. The van der Waals surface area contributed by atoms with Crippen LogP contribution in [0.5, 0.6) is 0 Å². The van der Waals surface area contributed by atoms with Crippen LogP contribution in [0.3, 0.4) is 0 Å². The number of Topliss-reactive ketones (excluding diaryl/α,β-unsaturated/α-hetero) is 1. The van der Waals surface area contributed by atoms with E-state index in [-0.39, 0.29) is 5.78 Å². The van der Waals surface area contributed by atoms with Gasteiger partial charge in [-0.3, -0.25) is 9.48 Å². The molecule has 0 atom stereocenters. The maximum absolute atomic E-state index is 12.1. The van der Waals surface area contributed by atoms with Crippen molar-refractivity contribution >= 4 is 5.78 Å². The monoisotopic (exact) mass is 221 g/mol. The van der Waals surface area contributed by atoms with Gasteiger partial charge in [0.25, 0.3) is 0 Å². The summed E-state index contributed by atoms with van der Waals surface area (Å²) in [4.78, 5) is 12.1. The summed E-state index contributed by atoms with van der Waals surface area (Å²) >= 11 is 0. The Bertz CT molecular complexity index is 377. The number of aromatic nitrogens is 2. The molecule has 0 aromatic carbocycles. The minimum Gasteiger partial charge on any atom is -0.319 e. The van der Waals surface area contributed by atoms with Gasteiger partial charge in [0.1, 0.15) is 0 Å². The van der Waals surface area contributed by atoms with Crippen molar-refractivity contribution in [3.63, 3.8) is 0 Å². The van der Waals surface area contributed by atoms with Gasteiger partial charge in [-0.05, 0) is 25.3 Å². The van der Waals surface area contributed by atoms with Gasteiger partial charge in [-0.1, -0.05) is 12.8 Å². The van der Waals surface area contributed by atoms with Crippen molar-refractivity contribution in [2.75, 3.05) is 0 Å². The zero-order chi connectivity index (χ0) is 11.6. The molecule has 0 unspecified atom stereocenters. The summed E-state index contributed by atoms with van der Waals surface area (Å²) in [7, 11) is 0. The number of hydrogen-bond acceptors (Lipinski definition) is 3. The first-order chi connectivity index (χ1) is 7.64. The summed E-state index contributed by atoms with van der Waals surface area (Å²) in [5.41, 5.74) is 6.53. The van der Waals surface area contributed by atoms with E-state index >= 15 is 0 Å². The molecule has 1 fully saturated rings. The van der Waals surface area contributed by atoms with Crippen LogP contribution in [-0.4, -0.2) is 21.1 Å². The topological polar surface area (TPSA) is 60.9 Å². The second-order valence-electron chi connectivity index (χ2n) is 4.67. The number of carbonyl (C=O) groups is 1. The summed E-state index contributed by atoms with van der Waals surface area (Å²) in [6.07, 6.45) is 7.96. The molecule has 4 heteroatoms. The number of hydrogen-bond donors (Lipinski definition) is 1. The van der Waals surface area contributed by atoms with Gasteiger partial charge < -0.3 is 5.73 Å². The van der Waals surface area contributed by atoms with Crippen molar-refractivity contribution < 1.29 is 4.79 Å². The maximum Gasteiger partial charge on any atom is 0.157 e. The van der Waals surface area contributed by atoms with Crippen LogP contribution in [0.25, 0.3) is 0 Å². The van der Waals surface area contributed by atoms with Crippen LogP contribution < -0.4 is 5.73 Å². The number of rotatable bonds is 4. The lowest BCUT2D eigenvalue weighted by Crippen LogP contribution is -2.46. The largest absolute Gasteiger partial charge is 0.319 e. The molecule has 88 valence electrons. The fraction of sp³-hybridized carbons (Fsp3) is 0.667. The number of aryl methyl sites for hydroxylation is 1. The molecule has 1 aromatic rings. The highest BCUT2D eigenvalue weighted by atomic mass is 16.1. The van der Waals surface area contributed by atoms with Crippen molar-refractivity contribution in [2.24, 2.45) is 5.73 Å². The zero-order valence-corrected chi connectivity index (χ0v) is 9.78. The lowest BCUT2D eigenvalue weighted by molar-refractivity contribution is -0.123. The highest BCUT2D eigenvalue weighted by Crippen LogP contribution is 2.28. The fourth-order valence-electron chi connectivity index (χ4n) is 2.32. The van der Waals surface area contributed by atoms with Gasteiger partial charge >= 0.3 is 0 Å². The quantitative estimate of drug-likeness (QED) is 0.833. The molecule has 1 heterocycles. The van der Waals surface area contributed by atoms with Crippen molar-refractivity contribution in [3.8, 4) is 0 Å². The summed E-state index contributed by atoms with van der Waals surface area (Å²) < 4.78 is 1.83. The van der Waals surface area contributed by atoms with E-state index in [9.17, 15) is 4.79 Å². The smallest absolute Gasteiger partial charge is 0.157 e. The van der Waals surface area contributed by atoms with E-state index in [1.54, 1.807) is 6.20 Å².